The van der Waals surface area contributed by atoms with Crippen molar-refractivity contribution in [2.24, 2.45) is 0 Å². The number of ether oxygens (including phenoxy) is 1. The third kappa shape index (κ3) is 5.62. The molecule has 2 aliphatic rings. The van der Waals surface area contributed by atoms with Crippen LogP contribution in [0.4, 0.5) is 0 Å². The molecule has 0 saturated carbocycles. The molecule has 0 spiro atoms. The summed E-state index contributed by atoms with van der Waals surface area (Å²) in [6, 6.07) is 20.2. The lowest BCUT2D eigenvalue weighted by molar-refractivity contribution is -0.132. The number of hydrogen-bond donors (Lipinski definition) is 0. The van der Waals surface area contributed by atoms with Crippen molar-refractivity contribution in [3.05, 3.63) is 89.4 Å². The molecule has 188 valence electrons. The van der Waals surface area contributed by atoms with Gasteiger partial charge in [0.25, 0.3) is 0 Å². The first-order valence-electron chi connectivity index (χ1n) is 12.7. The summed E-state index contributed by atoms with van der Waals surface area (Å²) in [5.41, 5.74) is 3.30. The Morgan fingerprint density at radius 3 is 2.44 bits per heavy atom. The van der Waals surface area contributed by atoms with Crippen molar-refractivity contribution >= 4 is 11.8 Å². The van der Waals surface area contributed by atoms with E-state index in [9.17, 15) is 9.59 Å². The van der Waals surface area contributed by atoms with Gasteiger partial charge in [-0.2, -0.15) is 0 Å². The van der Waals surface area contributed by atoms with E-state index in [1.807, 2.05) is 58.3 Å². The molecule has 7 nitrogen and oxygen atoms in total. The van der Waals surface area contributed by atoms with Crippen molar-refractivity contribution in [3.8, 4) is 5.75 Å². The first-order chi connectivity index (χ1) is 17.6. The zero-order valence-electron chi connectivity index (χ0n) is 20.8. The third-order valence-electron chi connectivity index (χ3n) is 7.15. The molecule has 1 unspecified atom stereocenters. The number of nitrogens with zero attached hydrogens (tertiary/aromatic N) is 3. The second-order valence-corrected chi connectivity index (χ2v) is 9.57. The van der Waals surface area contributed by atoms with Crippen molar-refractivity contribution in [2.45, 2.75) is 32.4 Å². The van der Waals surface area contributed by atoms with Crippen LogP contribution >= 0.6 is 0 Å². The van der Waals surface area contributed by atoms with Crippen LogP contribution < -0.4 is 4.74 Å². The predicted octanol–water partition coefficient (Wildman–Crippen LogP) is 3.89. The van der Waals surface area contributed by atoms with E-state index in [2.05, 4.69) is 17.0 Å². The monoisotopic (exact) mass is 487 g/mol. The topological polar surface area (TPSA) is 66.2 Å². The fourth-order valence-corrected chi connectivity index (χ4v) is 5.10. The maximum Gasteiger partial charge on any atom is 0.224 e. The highest BCUT2D eigenvalue weighted by Gasteiger charge is 2.26. The molecule has 1 aromatic heterocycles. The zero-order valence-corrected chi connectivity index (χ0v) is 20.8. The van der Waals surface area contributed by atoms with Crippen LogP contribution in [0.3, 0.4) is 0 Å². The number of hydrogen-bond acceptors (Lipinski definition) is 5. The molecule has 0 radical (unpaired) electrons. The number of amides is 2. The second-order valence-electron chi connectivity index (χ2n) is 9.57. The molecule has 0 aliphatic carbocycles. The fraction of sp³-hybridized carbons (Fsp3) is 0.379. The molecular formula is C29H33N3O4. The van der Waals surface area contributed by atoms with Gasteiger partial charge in [-0.25, -0.2) is 0 Å². The van der Waals surface area contributed by atoms with Gasteiger partial charge in [0.1, 0.15) is 18.1 Å². The van der Waals surface area contributed by atoms with Crippen molar-refractivity contribution in [1.82, 2.24) is 14.7 Å². The van der Waals surface area contributed by atoms with Gasteiger partial charge >= 0.3 is 0 Å². The van der Waals surface area contributed by atoms with Gasteiger partial charge < -0.3 is 19.0 Å². The fourth-order valence-electron chi connectivity index (χ4n) is 5.10. The molecule has 2 aromatic carbocycles. The van der Waals surface area contributed by atoms with Crippen LogP contribution in [0.25, 0.3) is 0 Å². The molecule has 3 heterocycles. The Morgan fingerprint density at radius 2 is 1.72 bits per heavy atom. The second kappa shape index (κ2) is 11.0. The van der Waals surface area contributed by atoms with E-state index < -0.39 is 0 Å². The number of furan rings is 1. The van der Waals surface area contributed by atoms with E-state index in [0.717, 1.165) is 55.4 Å². The summed E-state index contributed by atoms with van der Waals surface area (Å²) in [4.78, 5) is 31.3. The number of benzene rings is 2. The van der Waals surface area contributed by atoms with Gasteiger partial charge in [-0.1, -0.05) is 36.4 Å². The molecule has 3 aromatic rings. The Kier molecular flexibility index (Phi) is 7.37. The van der Waals surface area contributed by atoms with Gasteiger partial charge in [-0.3, -0.25) is 14.5 Å². The summed E-state index contributed by atoms with van der Waals surface area (Å²) in [5, 5.41) is 0. The van der Waals surface area contributed by atoms with Crippen molar-refractivity contribution in [2.75, 3.05) is 39.3 Å². The van der Waals surface area contributed by atoms with Crippen LogP contribution in [-0.2, 0) is 22.7 Å². The molecular weight excluding hydrogens is 454 g/mol. The predicted molar refractivity (Wildman–Crippen MR) is 136 cm³/mol. The number of rotatable bonds is 6. The van der Waals surface area contributed by atoms with Crippen molar-refractivity contribution in [1.29, 1.82) is 0 Å². The van der Waals surface area contributed by atoms with Gasteiger partial charge in [0, 0.05) is 58.2 Å². The summed E-state index contributed by atoms with van der Waals surface area (Å²) in [6.45, 7) is 7.27. The lowest BCUT2D eigenvalue weighted by Crippen LogP contribution is -2.47. The van der Waals surface area contributed by atoms with E-state index >= 15 is 0 Å². The molecule has 7 heteroatoms. The molecule has 1 saturated heterocycles. The minimum Gasteiger partial charge on any atom is -0.491 e. The average Bonchev–Trinajstić information content (AvgIpc) is 3.34. The third-order valence-corrected chi connectivity index (χ3v) is 7.15. The number of fused-ring (bicyclic) bond motifs is 1. The summed E-state index contributed by atoms with van der Waals surface area (Å²) >= 11 is 0. The maximum absolute atomic E-state index is 13.5. The summed E-state index contributed by atoms with van der Waals surface area (Å²) < 4.78 is 11.7. The van der Waals surface area contributed by atoms with Gasteiger partial charge in [-0.15, -0.1) is 0 Å². The molecule has 2 amide bonds. The number of carbonyl (C=O) groups excluding carboxylic acids is 2. The highest BCUT2D eigenvalue weighted by atomic mass is 16.5. The average molecular weight is 488 g/mol. The SMILES string of the molecule is CC(=O)N1CCN(Cc2ccc3c(c2)CN(C(=O)CC(c2ccccc2)c2ccco2)CCO3)CC1. The Morgan fingerprint density at radius 1 is 0.917 bits per heavy atom. The Balaban J connectivity index is 1.27. The molecule has 2 aliphatic heterocycles. The minimum absolute atomic E-state index is 0.0856. The Labute approximate surface area is 212 Å². The van der Waals surface area contributed by atoms with Crippen LogP contribution in [0.15, 0.2) is 71.3 Å². The van der Waals surface area contributed by atoms with Crippen LogP contribution in [0, 0.1) is 0 Å². The van der Waals surface area contributed by atoms with Gasteiger partial charge in [-0.05, 0) is 35.4 Å². The highest BCUT2D eigenvalue weighted by Crippen LogP contribution is 2.31. The molecule has 0 N–H and O–H groups in total. The smallest absolute Gasteiger partial charge is 0.224 e. The van der Waals surface area contributed by atoms with Gasteiger partial charge in [0.2, 0.25) is 11.8 Å². The van der Waals surface area contributed by atoms with E-state index in [1.54, 1.807) is 13.2 Å². The van der Waals surface area contributed by atoms with Crippen molar-refractivity contribution in [3.63, 3.8) is 0 Å². The van der Waals surface area contributed by atoms with Gasteiger partial charge in [0.15, 0.2) is 0 Å². The Bertz CT molecular complexity index is 1170. The number of piperazine rings is 1. The standard InChI is InChI=1S/C29H33N3O4/c1-22(33)31-13-11-30(12-14-31)20-23-9-10-27-25(18-23)21-32(15-17-36-27)29(34)19-26(28-8-5-16-35-28)24-6-3-2-4-7-24/h2-10,16,18,26H,11-15,17,19-21H2,1H3. The number of carbonyl (C=O) groups is 2. The highest BCUT2D eigenvalue weighted by molar-refractivity contribution is 5.78. The quantitative estimate of drug-likeness (QED) is 0.528. The molecule has 5 rings (SSSR count). The normalized spacial score (nSPS) is 17.1. The van der Waals surface area contributed by atoms with E-state index in [-0.39, 0.29) is 17.7 Å². The largest absolute Gasteiger partial charge is 0.491 e. The summed E-state index contributed by atoms with van der Waals surface area (Å²) in [5.74, 6) is 1.75. The van der Waals surface area contributed by atoms with E-state index in [1.165, 1.54) is 5.56 Å². The van der Waals surface area contributed by atoms with Crippen LogP contribution in [0.2, 0.25) is 0 Å². The molecule has 36 heavy (non-hydrogen) atoms. The molecule has 1 fully saturated rings. The first kappa shape index (κ1) is 24.1. The van der Waals surface area contributed by atoms with Crippen molar-refractivity contribution < 1.29 is 18.7 Å². The van der Waals surface area contributed by atoms with Gasteiger partial charge in [0.05, 0.1) is 18.7 Å². The summed E-state index contributed by atoms with van der Waals surface area (Å²) in [7, 11) is 0. The van der Waals surface area contributed by atoms with E-state index in [0.29, 0.717) is 26.1 Å². The van der Waals surface area contributed by atoms with Crippen LogP contribution in [0.5, 0.6) is 5.75 Å². The first-order valence-corrected chi connectivity index (χ1v) is 12.7. The van der Waals surface area contributed by atoms with Crippen LogP contribution in [0.1, 0.15) is 41.7 Å². The lowest BCUT2D eigenvalue weighted by Gasteiger charge is -2.34. The summed E-state index contributed by atoms with van der Waals surface area (Å²) in [6.07, 6.45) is 2.00. The van der Waals surface area contributed by atoms with E-state index in [4.69, 9.17) is 9.15 Å². The maximum atomic E-state index is 13.5. The Hall–Kier alpha value is -3.58. The molecule has 0 bridgehead atoms. The lowest BCUT2D eigenvalue weighted by atomic mass is 9.92. The molecule has 1 atom stereocenters. The zero-order chi connectivity index (χ0) is 24.9. The van der Waals surface area contributed by atoms with Crippen LogP contribution in [-0.4, -0.2) is 65.8 Å². The minimum atomic E-state index is -0.127.